The molecule has 0 aliphatic carbocycles. The monoisotopic (exact) mass is 220 g/mol. The van der Waals surface area contributed by atoms with Crippen LogP contribution in [0, 0.1) is 0 Å². The molecule has 0 saturated carbocycles. The van der Waals surface area contributed by atoms with E-state index in [1.54, 1.807) is 12.3 Å². The van der Waals surface area contributed by atoms with E-state index in [0.717, 1.165) is 38.1 Å². The summed E-state index contributed by atoms with van der Waals surface area (Å²) in [6.07, 6.45) is 4.98. The van der Waals surface area contributed by atoms with E-state index in [9.17, 15) is 4.79 Å². The van der Waals surface area contributed by atoms with Crippen molar-refractivity contribution >= 4 is 12.1 Å². The van der Waals surface area contributed by atoms with E-state index in [0.29, 0.717) is 11.7 Å². The van der Waals surface area contributed by atoms with Crippen LogP contribution >= 0.6 is 0 Å². The van der Waals surface area contributed by atoms with Crippen molar-refractivity contribution < 1.29 is 9.53 Å². The number of ether oxygens (including phenoxy) is 1. The van der Waals surface area contributed by atoms with Gasteiger partial charge in [-0.25, -0.2) is 4.98 Å². The molecule has 4 nitrogen and oxygen atoms in total. The SMILES string of the molecule is CN(CC1CCCO1)c1ccc(C=O)cn1. The first-order valence-corrected chi connectivity index (χ1v) is 5.53. The average molecular weight is 220 g/mol. The van der Waals surface area contributed by atoms with E-state index in [2.05, 4.69) is 9.88 Å². The van der Waals surface area contributed by atoms with Crippen molar-refractivity contribution in [3.05, 3.63) is 23.9 Å². The molecule has 0 spiro atoms. The second-order valence-corrected chi connectivity index (χ2v) is 4.08. The smallest absolute Gasteiger partial charge is 0.151 e. The van der Waals surface area contributed by atoms with Crippen molar-refractivity contribution in [3.63, 3.8) is 0 Å². The molecule has 0 aromatic carbocycles. The van der Waals surface area contributed by atoms with Gasteiger partial charge < -0.3 is 9.64 Å². The highest BCUT2D eigenvalue weighted by atomic mass is 16.5. The van der Waals surface area contributed by atoms with Crippen LogP contribution in [0.1, 0.15) is 23.2 Å². The van der Waals surface area contributed by atoms with Gasteiger partial charge in [-0.2, -0.15) is 0 Å². The number of hydrogen-bond donors (Lipinski definition) is 0. The molecule has 0 bridgehead atoms. The van der Waals surface area contributed by atoms with Crippen molar-refractivity contribution in [3.8, 4) is 0 Å². The normalized spacial score (nSPS) is 19.7. The number of nitrogens with zero attached hydrogens (tertiary/aromatic N) is 2. The number of rotatable bonds is 4. The lowest BCUT2D eigenvalue weighted by atomic mass is 10.2. The zero-order valence-electron chi connectivity index (χ0n) is 9.43. The van der Waals surface area contributed by atoms with Gasteiger partial charge >= 0.3 is 0 Å². The maximum atomic E-state index is 10.5. The fraction of sp³-hybridized carbons (Fsp3) is 0.500. The van der Waals surface area contributed by atoms with Crippen LogP contribution in [0.15, 0.2) is 18.3 Å². The Morgan fingerprint density at radius 2 is 2.50 bits per heavy atom. The summed E-state index contributed by atoms with van der Waals surface area (Å²) in [7, 11) is 1.99. The third-order valence-electron chi connectivity index (χ3n) is 2.80. The minimum atomic E-state index is 0.317. The zero-order chi connectivity index (χ0) is 11.4. The van der Waals surface area contributed by atoms with E-state index in [-0.39, 0.29) is 0 Å². The summed E-state index contributed by atoms with van der Waals surface area (Å²) < 4.78 is 5.56. The third kappa shape index (κ3) is 2.58. The Balaban J connectivity index is 1.96. The summed E-state index contributed by atoms with van der Waals surface area (Å²) in [6.45, 7) is 1.73. The zero-order valence-corrected chi connectivity index (χ0v) is 9.43. The van der Waals surface area contributed by atoms with E-state index < -0.39 is 0 Å². The second-order valence-electron chi connectivity index (χ2n) is 4.08. The quantitative estimate of drug-likeness (QED) is 0.721. The number of carbonyl (C=O) groups excluding carboxylic acids is 1. The Morgan fingerprint density at radius 3 is 3.06 bits per heavy atom. The highest BCUT2D eigenvalue weighted by Crippen LogP contribution is 2.16. The molecule has 0 radical (unpaired) electrons. The van der Waals surface area contributed by atoms with Crippen LogP contribution in [-0.4, -0.2) is 37.6 Å². The molecule has 2 heterocycles. The largest absolute Gasteiger partial charge is 0.376 e. The van der Waals surface area contributed by atoms with Gasteiger partial charge in [0.2, 0.25) is 0 Å². The highest BCUT2D eigenvalue weighted by molar-refractivity contribution is 5.74. The summed E-state index contributed by atoms with van der Waals surface area (Å²) in [6, 6.07) is 3.64. The van der Waals surface area contributed by atoms with Crippen molar-refractivity contribution in [2.75, 3.05) is 25.1 Å². The molecular weight excluding hydrogens is 204 g/mol. The molecule has 1 unspecified atom stereocenters. The van der Waals surface area contributed by atoms with E-state index in [1.165, 1.54) is 0 Å². The van der Waals surface area contributed by atoms with Gasteiger partial charge in [0, 0.05) is 32.0 Å². The Hall–Kier alpha value is -1.42. The standard InChI is InChI=1S/C12H16N2O2/c1-14(8-11-3-2-6-16-11)12-5-4-10(9-15)7-13-12/h4-5,7,9,11H,2-3,6,8H2,1H3. The van der Waals surface area contributed by atoms with Gasteiger partial charge in [-0.3, -0.25) is 4.79 Å². The van der Waals surface area contributed by atoms with Gasteiger partial charge in [0.05, 0.1) is 6.10 Å². The molecule has 0 amide bonds. The molecule has 1 aromatic rings. The van der Waals surface area contributed by atoms with E-state index >= 15 is 0 Å². The molecule has 4 heteroatoms. The lowest BCUT2D eigenvalue weighted by Gasteiger charge is -2.21. The summed E-state index contributed by atoms with van der Waals surface area (Å²) >= 11 is 0. The lowest BCUT2D eigenvalue weighted by Crippen LogP contribution is -2.29. The van der Waals surface area contributed by atoms with Crippen molar-refractivity contribution in [1.29, 1.82) is 0 Å². The lowest BCUT2D eigenvalue weighted by molar-refractivity contribution is 0.112. The van der Waals surface area contributed by atoms with Gasteiger partial charge in [0.1, 0.15) is 5.82 Å². The van der Waals surface area contributed by atoms with Gasteiger partial charge in [-0.1, -0.05) is 0 Å². The van der Waals surface area contributed by atoms with Gasteiger partial charge in [-0.05, 0) is 25.0 Å². The summed E-state index contributed by atoms with van der Waals surface area (Å²) in [5, 5.41) is 0. The van der Waals surface area contributed by atoms with E-state index in [1.807, 2.05) is 13.1 Å². The molecule has 2 rings (SSSR count). The summed E-state index contributed by atoms with van der Waals surface area (Å²) in [5.41, 5.74) is 0.606. The Bertz CT molecular complexity index is 345. The van der Waals surface area contributed by atoms with Crippen LogP contribution in [0.25, 0.3) is 0 Å². The van der Waals surface area contributed by atoms with Crippen molar-refractivity contribution in [2.45, 2.75) is 18.9 Å². The van der Waals surface area contributed by atoms with Gasteiger partial charge in [0.25, 0.3) is 0 Å². The van der Waals surface area contributed by atoms with Crippen LogP contribution in [0.2, 0.25) is 0 Å². The molecule has 16 heavy (non-hydrogen) atoms. The fourth-order valence-corrected chi connectivity index (χ4v) is 1.88. The van der Waals surface area contributed by atoms with Gasteiger partial charge in [-0.15, -0.1) is 0 Å². The number of hydrogen-bond acceptors (Lipinski definition) is 4. The van der Waals surface area contributed by atoms with Crippen LogP contribution in [0.4, 0.5) is 5.82 Å². The van der Waals surface area contributed by atoms with Crippen LogP contribution in [-0.2, 0) is 4.74 Å². The van der Waals surface area contributed by atoms with E-state index in [4.69, 9.17) is 4.74 Å². The predicted octanol–water partition coefficient (Wildman–Crippen LogP) is 1.51. The topological polar surface area (TPSA) is 42.4 Å². The van der Waals surface area contributed by atoms with Gasteiger partial charge in [0.15, 0.2) is 6.29 Å². The molecular formula is C12H16N2O2. The Morgan fingerprint density at radius 1 is 1.62 bits per heavy atom. The minimum absolute atomic E-state index is 0.317. The Labute approximate surface area is 95.2 Å². The first-order chi connectivity index (χ1) is 7.79. The molecule has 86 valence electrons. The number of carbonyl (C=O) groups is 1. The van der Waals surface area contributed by atoms with Crippen LogP contribution in [0.3, 0.4) is 0 Å². The third-order valence-corrected chi connectivity index (χ3v) is 2.80. The summed E-state index contributed by atoms with van der Waals surface area (Å²) in [5.74, 6) is 0.876. The number of anilines is 1. The average Bonchev–Trinajstić information content (AvgIpc) is 2.82. The first kappa shape index (κ1) is 11.1. The number of likely N-dealkylation sites (N-methyl/N-ethyl adjacent to an activating group) is 1. The molecule has 1 atom stereocenters. The minimum Gasteiger partial charge on any atom is -0.376 e. The van der Waals surface area contributed by atoms with Crippen molar-refractivity contribution in [1.82, 2.24) is 4.98 Å². The molecule has 1 aliphatic rings. The summed E-state index contributed by atoms with van der Waals surface area (Å²) in [4.78, 5) is 16.8. The molecule has 1 aliphatic heterocycles. The number of aromatic nitrogens is 1. The second kappa shape index (κ2) is 5.07. The maximum Gasteiger partial charge on any atom is 0.151 e. The highest BCUT2D eigenvalue weighted by Gasteiger charge is 2.17. The molecule has 1 aromatic heterocycles. The number of pyridine rings is 1. The predicted molar refractivity (Wildman–Crippen MR) is 61.9 cm³/mol. The maximum absolute atomic E-state index is 10.5. The fourth-order valence-electron chi connectivity index (χ4n) is 1.88. The first-order valence-electron chi connectivity index (χ1n) is 5.53. The Kier molecular flexibility index (Phi) is 3.51. The molecule has 0 N–H and O–H groups in total. The molecule has 1 saturated heterocycles. The van der Waals surface area contributed by atoms with Crippen LogP contribution in [0.5, 0.6) is 0 Å². The van der Waals surface area contributed by atoms with Crippen molar-refractivity contribution in [2.24, 2.45) is 0 Å². The van der Waals surface area contributed by atoms with Crippen LogP contribution < -0.4 is 4.90 Å². The number of aldehydes is 1. The molecule has 1 fully saturated rings.